The van der Waals surface area contributed by atoms with Crippen molar-refractivity contribution in [2.45, 2.75) is 20.0 Å². The molecular formula is C9H15N3O. The van der Waals surface area contributed by atoms with Gasteiger partial charge in [-0.1, -0.05) is 13.8 Å². The van der Waals surface area contributed by atoms with E-state index in [-0.39, 0.29) is 12.0 Å². The zero-order chi connectivity index (χ0) is 9.68. The number of rotatable bonds is 4. The van der Waals surface area contributed by atoms with E-state index in [0.717, 1.165) is 0 Å². The van der Waals surface area contributed by atoms with Gasteiger partial charge in [-0.05, 0) is 5.92 Å². The summed E-state index contributed by atoms with van der Waals surface area (Å²) in [6.07, 6.45) is 4.52. The van der Waals surface area contributed by atoms with Gasteiger partial charge in [0, 0.05) is 18.9 Å². The predicted molar refractivity (Wildman–Crippen MR) is 51.4 cm³/mol. The average Bonchev–Trinajstić information content (AvgIpc) is 2.15. The quantitative estimate of drug-likeness (QED) is 0.724. The Bertz CT molecular complexity index is 238. The Hall–Kier alpha value is -1.16. The van der Waals surface area contributed by atoms with Gasteiger partial charge in [-0.3, -0.25) is 4.98 Å². The van der Waals surface area contributed by atoms with Gasteiger partial charge in [0.1, 0.15) is 5.82 Å². The molecule has 0 aliphatic rings. The van der Waals surface area contributed by atoms with E-state index < -0.39 is 0 Å². The fourth-order valence-electron chi connectivity index (χ4n) is 0.835. The van der Waals surface area contributed by atoms with Crippen LogP contribution in [0.5, 0.6) is 0 Å². The first-order chi connectivity index (χ1) is 6.20. The third-order valence-electron chi connectivity index (χ3n) is 1.83. The molecule has 0 amide bonds. The molecule has 1 heterocycles. The molecule has 0 aliphatic heterocycles. The summed E-state index contributed by atoms with van der Waals surface area (Å²) in [5, 5.41) is 12.5. The molecule has 1 aromatic heterocycles. The van der Waals surface area contributed by atoms with E-state index in [4.69, 9.17) is 0 Å². The number of hydrogen-bond donors (Lipinski definition) is 2. The SMILES string of the molecule is CC(C)C(O)CNc1cnccn1. The monoisotopic (exact) mass is 181 g/mol. The van der Waals surface area contributed by atoms with Crippen molar-refractivity contribution in [3.63, 3.8) is 0 Å². The lowest BCUT2D eigenvalue weighted by Gasteiger charge is -2.14. The number of nitrogens with one attached hydrogen (secondary N) is 1. The minimum atomic E-state index is -0.345. The molecule has 1 rings (SSSR count). The first kappa shape index (κ1) is 9.92. The van der Waals surface area contributed by atoms with E-state index >= 15 is 0 Å². The molecule has 13 heavy (non-hydrogen) atoms. The molecule has 0 aliphatic carbocycles. The lowest BCUT2D eigenvalue weighted by molar-refractivity contribution is 0.138. The van der Waals surface area contributed by atoms with Crippen LogP contribution in [0.25, 0.3) is 0 Å². The molecule has 4 nitrogen and oxygen atoms in total. The predicted octanol–water partition coefficient (Wildman–Crippen LogP) is 0.905. The van der Waals surface area contributed by atoms with E-state index in [2.05, 4.69) is 15.3 Å². The first-order valence-corrected chi connectivity index (χ1v) is 4.38. The van der Waals surface area contributed by atoms with Gasteiger partial charge in [0.2, 0.25) is 0 Å². The second-order valence-corrected chi connectivity index (χ2v) is 3.28. The third-order valence-corrected chi connectivity index (χ3v) is 1.83. The second kappa shape index (κ2) is 4.77. The Morgan fingerprint density at radius 1 is 1.46 bits per heavy atom. The van der Waals surface area contributed by atoms with Crippen molar-refractivity contribution < 1.29 is 5.11 Å². The third kappa shape index (κ3) is 3.38. The Morgan fingerprint density at radius 3 is 2.77 bits per heavy atom. The molecule has 0 saturated heterocycles. The highest BCUT2D eigenvalue weighted by Gasteiger charge is 2.08. The number of anilines is 1. The summed E-state index contributed by atoms with van der Waals surface area (Å²) in [5.41, 5.74) is 0. The zero-order valence-electron chi connectivity index (χ0n) is 7.94. The summed E-state index contributed by atoms with van der Waals surface area (Å²) in [5.74, 6) is 0.950. The van der Waals surface area contributed by atoms with E-state index in [1.54, 1.807) is 18.6 Å². The van der Waals surface area contributed by atoms with Crippen LogP contribution in [0.15, 0.2) is 18.6 Å². The van der Waals surface area contributed by atoms with Crippen LogP contribution in [-0.2, 0) is 0 Å². The molecule has 0 aromatic carbocycles. The summed E-state index contributed by atoms with van der Waals surface area (Å²) in [6, 6.07) is 0. The summed E-state index contributed by atoms with van der Waals surface area (Å²) < 4.78 is 0. The van der Waals surface area contributed by atoms with E-state index in [9.17, 15) is 5.11 Å². The van der Waals surface area contributed by atoms with E-state index in [0.29, 0.717) is 12.4 Å². The van der Waals surface area contributed by atoms with Gasteiger partial charge in [0.15, 0.2) is 0 Å². The maximum absolute atomic E-state index is 9.48. The van der Waals surface area contributed by atoms with E-state index in [1.807, 2.05) is 13.8 Å². The lowest BCUT2D eigenvalue weighted by atomic mass is 10.1. The summed E-state index contributed by atoms with van der Waals surface area (Å²) >= 11 is 0. The minimum absolute atomic E-state index is 0.254. The fourth-order valence-corrected chi connectivity index (χ4v) is 0.835. The number of aromatic nitrogens is 2. The molecular weight excluding hydrogens is 166 g/mol. The highest BCUT2D eigenvalue weighted by Crippen LogP contribution is 2.03. The van der Waals surface area contributed by atoms with E-state index in [1.165, 1.54) is 0 Å². The average molecular weight is 181 g/mol. The van der Waals surface area contributed by atoms with Crippen molar-refractivity contribution in [2.75, 3.05) is 11.9 Å². The number of aliphatic hydroxyl groups excluding tert-OH is 1. The Balaban J connectivity index is 2.35. The van der Waals surface area contributed by atoms with Crippen LogP contribution in [0.1, 0.15) is 13.8 Å². The first-order valence-electron chi connectivity index (χ1n) is 4.38. The summed E-state index contributed by atoms with van der Waals surface area (Å²) in [7, 11) is 0. The Morgan fingerprint density at radius 2 is 2.23 bits per heavy atom. The molecule has 0 bridgehead atoms. The molecule has 0 spiro atoms. The topological polar surface area (TPSA) is 58.0 Å². The van der Waals surface area contributed by atoms with Crippen molar-refractivity contribution in [3.8, 4) is 0 Å². The highest BCUT2D eigenvalue weighted by molar-refractivity contribution is 5.29. The molecule has 2 N–H and O–H groups in total. The maximum atomic E-state index is 9.48. The minimum Gasteiger partial charge on any atom is -0.391 e. The van der Waals surface area contributed by atoms with Crippen LogP contribution < -0.4 is 5.32 Å². The zero-order valence-corrected chi connectivity index (χ0v) is 7.94. The summed E-state index contributed by atoms with van der Waals surface area (Å²) in [6.45, 7) is 4.46. The van der Waals surface area contributed by atoms with Crippen molar-refractivity contribution in [2.24, 2.45) is 5.92 Å². The number of hydrogen-bond acceptors (Lipinski definition) is 4. The van der Waals surface area contributed by atoms with Crippen LogP contribution in [0.2, 0.25) is 0 Å². The van der Waals surface area contributed by atoms with Gasteiger partial charge in [0.25, 0.3) is 0 Å². The van der Waals surface area contributed by atoms with Crippen molar-refractivity contribution in [3.05, 3.63) is 18.6 Å². The van der Waals surface area contributed by atoms with Gasteiger partial charge in [0.05, 0.1) is 12.3 Å². The number of nitrogens with zero attached hydrogens (tertiary/aromatic N) is 2. The van der Waals surface area contributed by atoms with Gasteiger partial charge in [-0.2, -0.15) is 0 Å². The van der Waals surface area contributed by atoms with Gasteiger partial charge in [-0.15, -0.1) is 0 Å². The second-order valence-electron chi connectivity index (χ2n) is 3.28. The van der Waals surface area contributed by atoms with Gasteiger partial charge >= 0.3 is 0 Å². The van der Waals surface area contributed by atoms with Gasteiger partial charge in [-0.25, -0.2) is 4.98 Å². The molecule has 1 atom stereocenters. The van der Waals surface area contributed by atoms with Crippen LogP contribution in [0, 0.1) is 5.92 Å². The van der Waals surface area contributed by atoms with Crippen molar-refractivity contribution in [1.82, 2.24) is 9.97 Å². The molecule has 0 radical (unpaired) electrons. The molecule has 0 saturated carbocycles. The molecule has 4 heteroatoms. The van der Waals surface area contributed by atoms with Crippen LogP contribution in [0.3, 0.4) is 0 Å². The maximum Gasteiger partial charge on any atom is 0.144 e. The Kier molecular flexibility index (Phi) is 3.64. The van der Waals surface area contributed by atoms with Gasteiger partial charge < -0.3 is 10.4 Å². The lowest BCUT2D eigenvalue weighted by Crippen LogP contribution is -2.25. The largest absolute Gasteiger partial charge is 0.391 e. The van der Waals surface area contributed by atoms with Crippen LogP contribution in [0.4, 0.5) is 5.82 Å². The Labute approximate surface area is 78.0 Å². The van der Waals surface area contributed by atoms with Crippen LogP contribution in [-0.4, -0.2) is 27.7 Å². The summed E-state index contributed by atoms with van der Waals surface area (Å²) in [4.78, 5) is 7.93. The number of aliphatic hydroxyl groups is 1. The van der Waals surface area contributed by atoms with Crippen LogP contribution >= 0.6 is 0 Å². The standard InChI is InChI=1S/C9H15N3O/c1-7(2)8(13)5-12-9-6-10-3-4-11-9/h3-4,6-8,13H,5H2,1-2H3,(H,11,12). The highest BCUT2D eigenvalue weighted by atomic mass is 16.3. The molecule has 72 valence electrons. The molecule has 0 fully saturated rings. The van der Waals surface area contributed by atoms with Crippen molar-refractivity contribution >= 4 is 5.82 Å². The molecule has 1 aromatic rings. The molecule has 1 unspecified atom stereocenters. The fraction of sp³-hybridized carbons (Fsp3) is 0.556. The van der Waals surface area contributed by atoms with Crippen molar-refractivity contribution in [1.29, 1.82) is 0 Å². The smallest absolute Gasteiger partial charge is 0.144 e. The normalized spacial score (nSPS) is 12.9.